The molecule has 0 fully saturated rings. The van der Waals surface area contributed by atoms with E-state index < -0.39 is 39.0 Å². The van der Waals surface area contributed by atoms with Crippen LogP contribution in [0.4, 0.5) is 14.5 Å². The van der Waals surface area contributed by atoms with Crippen LogP contribution >= 0.6 is 0 Å². The third-order valence-electron chi connectivity index (χ3n) is 2.40. The van der Waals surface area contributed by atoms with Crippen LogP contribution < -0.4 is 5.73 Å². The number of carbonyl (C=O) groups excluding carboxylic acids is 1. The minimum atomic E-state index is -2.06. The summed E-state index contributed by atoms with van der Waals surface area (Å²) in [5.41, 5.74) is 5.15. The SMILES string of the molecule is CCN(C)C(=O)CS(=O)c1c(F)cc(N)cc1F. The Bertz CT molecular complexity index is 471. The molecule has 4 nitrogen and oxygen atoms in total. The Hall–Kier alpha value is -1.50. The minimum absolute atomic E-state index is 0.0947. The second-order valence-corrected chi connectivity index (χ2v) is 5.10. The van der Waals surface area contributed by atoms with E-state index in [0.717, 1.165) is 12.1 Å². The monoisotopic (exact) mass is 276 g/mol. The van der Waals surface area contributed by atoms with Crippen molar-refractivity contribution in [2.75, 3.05) is 25.1 Å². The molecule has 100 valence electrons. The molecule has 18 heavy (non-hydrogen) atoms. The number of rotatable bonds is 4. The third-order valence-corrected chi connectivity index (χ3v) is 3.76. The smallest absolute Gasteiger partial charge is 0.235 e. The molecule has 0 radical (unpaired) electrons. The molecule has 2 N–H and O–H groups in total. The van der Waals surface area contributed by atoms with Gasteiger partial charge in [-0.2, -0.15) is 0 Å². The van der Waals surface area contributed by atoms with Gasteiger partial charge in [0.25, 0.3) is 0 Å². The van der Waals surface area contributed by atoms with Crippen LogP contribution in [-0.2, 0) is 15.6 Å². The fourth-order valence-electron chi connectivity index (χ4n) is 1.27. The lowest BCUT2D eigenvalue weighted by atomic mass is 10.3. The Morgan fingerprint density at radius 2 is 1.89 bits per heavy atom. The van der Waals surface area contributed by atoms with Crippen molar-refractivity contribution in [2.45, 2.75) is 11.8 Å². The van der Waals surface area contributed by atoms with Crippen LogP contribution in [0.1, 0.15) is 6.92 Å². The van der Waals surface area contributed by atoms with E-state index in [4.69, 9.17) is 5.73 Å². The number of carbonyl (C=O) groups is 1. The number of nitrogen functional groups attached to an aromatic ring is 1. The van der Waals surface area contributed by atoms with E-state index >= 15 is 0 Å². The van der Waals surface area contributed by atoms with Gasteiger partial charge in [-0.25, -0.2) is 8.78 Å². The van der Waals surface area contributed by atoms with Gasteiger partial charge >= 0.3 is 0 Å². The first-order chi connectivity index (χ1) is 8.36. The molecule has 7 heteroatoms. The van der Waals surface area contributed by atoms with Crippen LogP contribution in [0.5, 0.6) is 0 Å². The van der Waals surface area contributed by atoms with E-state index in [1.54, 1.807) is 6.92 Å². The second kappa shape index (κ2) is 5.90. The summed E-state index contributed by atoms with van der Waals surface area (Å²) in [4.78, 5) is 12.2. The van der Waals surface area contributed by atoms with Crippen LogP contribution in [0.2, 0.25) is 0 Å². The molecule has 1 unspecified atom stereocenters. The summed E-state index contributed by atoms with van der Waals surface area (Å²) in [5, 5.41) is 0. The van der Waals surface area contributed by atoms with Gasteiger partial charge in [-0.15, -0.1) is 0 Å². The van der Waals surface area contributed by atoms with Gasteiger partial charge in [-0.05, 0) is 19.1 Å². The number of anilines is 1. The fraction of sp³-hybridized carbons (Fsp3) is 0.364. The Balaban J connectivity index is 2.95. The van der Waals surface area contributed by atoms with E-state index in [2.05, 4.69) is 0 Å². The van der Waals surface area contributed by atoms with Gasteiger partial charge in [0.1, 0.15) is 22.3 Å². The van der Waals surface area contributed by atoms with Crippen molar-refractivity contribution in [3.05, 3.63) is 23.8 Å². The van der Waals surface area contributed by atoms with Gasteiger partial charge in [-0.1, -0.05) is 0 Å². The van der Waals surface area contributed by atoms with Crippen molar-refractivity contribution in [1.82, 2.24) is 4.90 Å². The maximum absolute atomic E-state index is 13.5. The molecule has 0 spiro atoms. The second-order valence-electron chi connectivity index (χ2n) is 3.71. The van der Waals surface area contributed by atoms with E-state index in [-0.39, 0.29) is 5.69 Å². The zero-order chi connectivity index (χ0) is 13.9. The Kier molecular flexibility index (Phi) is 4.77. The summed E-state index contributed by atoms with van der Waals surface area (Å²) in [6.45, 7) is 2.17. The largest absolute Gasteiger partial charge is 0.399 e. The number of nitrogens with zero attached hydrogens (tertiary/aromatic N) is 1. The molecule has 1 amide bonds. The van der Waals surface area contributed by atoms with Crippen molar-refractivity contribution in [3.8, 4) is 0 Å². The summed E-state index contributed by atoms with van der Waals surface area (Å²) in [6.07, 6.45) is 0. The van der Waals surface area contributed by atoms with E-state index in [1.807, 2.05) is 0 Å². The van der Waals surface area contributed by atoms with E-state index in [1.165, 1.54) is 11.9 Å². The van der Waals surface area contributed by atoms with E-state index in [9.17, 15) is 17.8 Å². The summed E-state index contributed by atoms with van der Waals surface area (Å²) in [5.74, 6) is -2.90. The highest BCUT2D eigenvalue weighted by Crippen LogP contribution is 2.20. The van der Waals surface area contributed by atoms with Crippen LogP contribution in [0.25, 0.3) is 0 Å². The van der Waals surface area contributed by atoms with Gasteiger partial charge in [0.15, 0.2) is 0 Å². The molecule has 0 saturated heterocycles. The summed E-state index contributed by atoms with van der Waals surface area (Å²) >= 11 is 0. The van der Waals surface area contributed by atoms with Crippen molar-refractivity contribution in [1.29, 1.82) is 0 Å². The number of amides is 1. The zero-order valence-corrected chi connectivity index (χ0v) is 10.9. The number of nitrogens with two attached hydrogens (primary N) is 1. The predicted molar refractivity (Wildman–Crippen MR) is 65.4 cm³/mol. The topological polar surface area (TPSA) is 63.4 Å². The lowest BCUT2D eigenvalue weighted by Gasteiger charge is -2.14. The maximum Gasteiger partial charge on any atom is 0.235 e. The molecule has 0 aliphatic heterocycles. The normalized spacial score (nSPS) is 12.2. The quantitative estimate of drug-likeness (QED) is 0.839. The van der Waals surface area contributed by atoms with Crippen LogP contribution in [0, 0.1) is 11.6 Å². The first kappa shape index (κ1) is 14.6. The molecule has 0 aliphatic rings. The fourth-order valence-corrected chi connectivity index (χ4v) is 2.41. The molecule has 1 rings (SSSR count). The van der Waals surface area contributed by atoms with E-state index in [0.29, 0.717) is 6.54 Å². The molecular weight excluding hydrogens is 262 g/mol. The molecule has 0 aliphatic carbocycles. The highest BCUT2D eigenvalue weighted by atomic mass is 32.2. The van der Waals surface area contributed by atoms with Crippen molar-refractivity contribution in [3.63, 3.8) is 0 Å². The van der Waals surface area contributed by atoms with Gasteiger partial charge in [0, 0.05) is 19.3 Å². The molecule has 1 aromatic rings. The van der Waals surface area contributed by atoms with Crippen molar-refractivity contribution >= 4 is 22.4 Å². The Morgan fingerprint density at radius 1 is 1.39 bits per heavy atom. The number of benzene rings is 1. The number of hydrogen-bond donors (Lipinski definition) is 1. The minimum Gasteiger partial charge on any atom is -0.399 e. The standard InChI is InChI=1S/C11H14F2N2O2S/c1-3-15(2)10(16)6-18(17)11-8(12)4-7(14)5-9(11)13/h4-5H,3,6,14H2,1-2H3. The zero-order valence-electron chi connectivity index (χ0n) is 10.1. The summed E-state index contributed by atoms with van der Waals surface area (Å²) in [6, 6.07) is 1.76. The highest BCUT2D eigenvalue weighted by molar-refractivity contribution is 7.85. The van der Waals surface area contributed by atoms with Gasteiger partial charge in [0.05, 0.1) is 10.8 Å². The summed E-state index contributed by atoms with van der Waals surface area (Å²) < 4.78 is 38.7. The number of hydrogen-bond acceptors (Lipinski definition) is 3. The Labute approximate surface area is 106 Å². The number of halogens is 2. The predicted octanol–water partition coefficient (Wildman–Crippen LogP) is 1.13. The van der Waals surface area contributed by atoms with Gasteiger partial charge in [0.2, 0.25) is 5.91 Å². The van der Waals surface area contributed by atoms with Gasteiger partial charge < -0.3 is 10.6 Å². The Morgan fingerprint density at radius 3 is 2.33 bits per heavy atom. The van der Waals surface area contributed by atoms with Crippen molar-refractivity contribution in [2.24, 2.45) is 0 Å². The maximum atomic E-state index is 13.5. The lowest BCUT2D eigenvalue weighted by molar-refractivity contribution is -0.126. The van der Waals surface area contributed by atoms with Crippen LogP contribution in [-0.4, -0.2) is 34.4 Å². The molecular formula is C11H14F2N2O2S. The third kappa shape index (κ3) is 3.25. The van der Waals surface area contributed by atoms with Crippen molar-refractivity contribution < 1.29 is 17.8 Å². The average Bonchev–Trinajstić information content (AvgIpc) is 2.26. The average molecular weight is 276 g/mol. The first-order valence-electron chi connectivity index (χ1n) is 5.23. The molecule has 0 bridgehead atoms. The first-order valence-corrected chi connectivity index (χ1v) is 6.55. The lowest BCUT2D eigenvalue weighted by Crippen LogP contribution is -2.30. The molecule has 0 heterocycles. The summed E-state index contributed by atoms with van der Waals surface area (Å²) in [7, 11) is -0.541. The molecule has 1 atom stereocenters. The van der Waals surface area contributed by atoms with Crippen LogP contribution in [0.15, 0.2) is 17.0 Å². The molecule has 0 saturated carbocycles. The highest BCUT2D eigenvalue weighted by Gasteiger charge is 2.20. The van der Waals surface area contributed by atoms with Crippen LogP contribution in [0.3, 0.4) is 0 Å². The van der Waals surface area contributed by atoms with Gasteiger partial charge in [-0.3, -0.25) is 9.00 Å². The molecule has 0 aromatic heterocycles. The molecule has 1 aromatic carbocycles.